The van der Waals surface area contributed by atoms with Crippen molar-refractivity contribution in [3.8, 4) is 56.4 Å². The van der Waals surface area contributed by atoms with Crippen molar-refractivity contribution in [2.45, 2.75) is 26.2 Å². The Morgan fingerprint density at radius 3 is 1.84 bits per heavy atom. The van der Waals surface area contributed by atoms with Crippen molar-refractivity contribution in [1.82, 2.24) is 23.5 Å². The lowest BCUT2D eigenvalue weighted by molar-refractivity contribution is 0.483. The lowest BCUT2D eigenvalue weighted by Crippen LogP contribution is -2.14. The smallest absolute Gasteiger partial charge is 0.197 e. The van der Waals surface area contributed by atoms with Gasteiger partial charge in [0.05, 0.1) is 27.6 Å². The van der Waals surface area contributed by atoms with E-state index >= 15 is 4.79 Å². The van der Waals surface area contributed by atoms with Crippen LogP contribution in [0.15, 0.2) is 210 Å². The van der Waals surface area contributed by atoms with Crippen LogP contribution in [-0.2, 0) is 5.41 Å². The molecule has 0 bridgehead atoms. The topological polar surface area (TPSA) is 83.4 Å². The van der Waals surface area contributed by atoms with Crippen LogP contribution >= 0.6 is 0 Å². The molecule has 8 heteroatoms. The fourth-order valence-corrected chi connectivity index (χ4v) is 10.2. The van der Waals surface area contributed by atoms with Gasteiger partial charge in [-0.2, -0.15) is 0 Å². The average molecular weight is 905 g/mol. The van der Waals surface area contributed by atoms with Crippen LogP contribution in [0.25, 0.3) is 105 Å². The molecule has 0 aliphatic heterocycles. The Morgan fingerprint density at radius 1 is 0.471 bits per heavy atom. The second-order valence-electron chi connectivity index (χ2n) is 19.0. The standard InChI is InChI=1S/C62H42N5O3/c1-62(2,3)44-25-26-64-58(34-44)66-54-23-19-41(29-50(54)48-22-20-47(36-57(48)66)70-46-16-10-15-45(35-46)65-28-27-63-37-65)43-31-52-59-53(32-43)61(69)51-30-40(38-11-6-4-7-12-38)18-24-55(51)67(59)56-33-42(17-21-49(56)60(52)68)39-13-8-5-9-14-39/h4-36H,1-3H3/q-1. The Labute approximate surface area is 401 Å². The number of nitrogens with zero attached hydrogens (tertiary/aromatic N) is 5. The molecule has 0 aliphatic carbocycles. The highest BCUT2D eigenvalue weighted by Crippen LogP contribution is 2.40. The highest BCUT2D eigenvalue weighted by atomic mass is 16.5. The molecular weight excluding hydrogens is 863 g/mol. The Morgan fingerprint density at radius 2 is 1.11 bits per heavy atom. The summed E-state index contributed by atoms with van der Waals surface area (Å²) in [5.74, 6) is 2.12. The first-order valence-electron chi connectivity index (χ1n) is 23.4. The van der Waals surface area contributed by atoms with Crippen molar-refractivity contribution >= 4 is 59.9 Å². The fourth-order valence-electron chi connectivity index (χ4n) is 10.2. The highest BCUT2D eigenvalue weighted by Gasteiger charge is 2.22. The minimum absolute atomic E-state index is 0.110. The molecule has 5 heterocycles. The van der Waals surface area contributed by atoms with E-state index in [1.165, 1.54) is 0 Å². The van der Waals surface area contributed by atoms with Gasteiger partial charge in [0.15, 0.2) is 10.9 Å². The van der Waals surface area contributed by atoms with E-state index in [0.717, 1.165) is 83.3 Å². The van der Waals surface area contributed by atoms with Gasteiger partial charge >= 0.3 is 0 Å². The van der Waals surface area contributed by atoms with E-state index in [4.69, 9.17) is 9.72 Å². The molecular formula is C62H42N5O3-. The molecule has 8 nitrogen and oxygen atoms in total. The molecule has 0 fully saturated rings. The number of imidazole rings is 1. The summed E-state index contributed by atoms with van der Waals surface area (Å²) >= 11 is 0. The molecule has 0 spiro atoms. The molecule has 0 amide bonds. The maximum Gasteiger partial charge on any atom is 0.197 e. The van der Waals surface area contributed by atoms with Crippen molar-refractivity contribution in [3.63, 3.8) is 0 Å². The molecule has 0 saturated heterocycles. The van der Waals surface area contributed by atoms with Crippen LogP contribution in [0, 0.1) is 6.33 Å². The third kappa shape index (κ3) is 6.67. The molecule has 8 aromatic carbocycles. The van der Waals surface area contributed by atoms with Crippen LogP contribution in [0.2, 0.25) is 0 Å². The van der Waals surface area contributed by atoms with Crippen LogP contribution in [0.4, 0.5) is 0 Å². The van der Waals surface area contributed by atoms with Gasteiger partial charge in [-0.3, -0.25) is 14.2 Å². The first-order chi connectivity index (χ1) is 34.1. The van der Waals surface area contributed by atoms with E-state index in [1.54, 1.807) is 6.20 Å². The van der Waals surface area contributed by atoms with Gasteiger partial charge in [-0.05, 0) is 135 Å². The van der Waals surface area contributed by atoms with Crippen LogP contribution in [0.3, 0.4) is 0 Å². The third-order valence-corrected chi connectivity index (χ3v) is 13.7. The zero-order chi connectivity index (χ0) is 47.3. The summed E-state index contributed by atoms with van der Waals surface area (Å²) in [6.45, 7) is 6.61. The molecule has 70 heavy (non-hydrogen) atoms. The number of hydrogen-bond acceptors (Lipinski definition) is 5. The molecule has 0 unspecified atom stereocenters. The van der Waals surface area contributed by atoms with Crippen LogP contribution in [0.1, 0.15) is 26.3 Å². The highest BCUT2D eigenvalue weighted by molar-refractivity contribution is 6.13. The number of hydrogen-bond donors (Lipinski definition) is 0. The summed E-state index contributed by atoms with van der Waals surface area (Å²) in [7, 11) is 0. The number of aromatic nitrogens is 5. The lowest BCUT2D eigenvalue weighted by Gasteiger charge is -2.20. The number of pyridine rings is 3. The molecule has 13 aromatic rings. The van der Waals surface area contributed by atoms with Gasteiger partial charge in [-0.15, -0.1) is 0 Å². The van der Waals surface area contributed by atoms with Gasteiger partial charge in [0, 0.05) is 50.9 Å². The van der Waals surface area contributed by atoms with Crippen LogP contribution in [-0.4, -0.2) is 23.5 Å². The average Bonchev–Trinajstić information content (AvgIpc) is 4.06. The van der Waals surface area contributed by atoms with E-state index in [1.807, 2.05) is 120 Å². The van der Waals surface area contributed by atoms with Gasteiger partial charge in [-0.25, -0.2) is 4.98 Å². The minimum atomic E-state index is -0.124. The van der Waals surface area contributed by atoms with E-state index in [0.29, 0.717) is 38.6 Å². The van der Waals surface area contributed by atoms with Crippen molar-refractivity contribution in [3.05, 3.63) is 233 Å². The number of benzene rings is 8. The molecule has 0 atom stereocenters. The zero-order valence-corrected chi connectivity index (χ0v) is 38.5. The largest absolute Gasteiger partial charge is 0.458 e. The lowest BCUT2D eigenvalue weighted by atomic mass is 9.88. The van der Waals surface area contributed by atoms with Crippen LogP contribution < -0.4 is 15.6 Å². The van der Waals surface area contributed by atoms with Gasteiger partial charge in [0.2, 0.25) is 0 Å². The normalized spacial score (nSPS) is 12.0. The summed E-state index contributed by atoms with van der Waals surface area (Å²) < 4.78 is 12.7. The van der Waals surface area contributed by atoms with Crippen molar-refractivity contribution in [1.29, 1.82) is 0 Å². The second-order valence-corrected chi connectivity index (χ2v) is 19.0. The summed E-state index contributed by atoms with van der Waals surface area (Å²) in [5.41, 5.74) is 11.3. The summed E-state index contributed by atoms with van der Waals surface area (Å²) in [5, 5.41) is 4.11. The van der Waals surface area contributed by atoms with Crippen molar-refractivity contribution in [2.75, 3.05) is 0 Å². The van der Waals surface area contributed by atoms with Crippen molar-refractivity contribution in [2.24, 2.45) is 0 Å². The molecule has 0 aliphatic rings. The van der Waals surface area contributed by atoms with E-state index in [-0.39, 0.29) is 16.3 Å². The second kappa shape index (κ2) is 15.7. The molecule has 5 aromatic heterocycles. The van der Waals surface area contributed by atoms with Gasteiger partial charge in [0.1, 0.15) is 17.3 Å². The Kier molecular flexibility index (Phi) is 9.23. The SMILES string of the molecule is CC(C)(C)c1ccnc(-n2c3ccc(-c4cc5c(=O)c6cc(-c7ccccc7)ccc6n6c7cc(-c8ccccc8)ccc7c(=O)c(c4)c56)cc3c3ccc(Oc4cccc(-n5[c-]ncc5)c4)cc32)c1. The Balaban J connectivity index is 1.04. The van der Waals surface area contributed by atoms with Crippen molar-refractivity contribution < 1.29 is 4.74 Å². The third-order valence-electron chi connectivity index (χ3n) is 13.7. The molecule has 0 N–H and O–H groups in total. The maximum absolute atomic E-state index is 15.1. The van der Waals surface area contributed by atoms with E-state index < -0.39 is 0 Å². The number of rotatable bonds is 7. The monoisotopic (exact) mass is 904 g/mol. The van der Waals surface area contributed by atoms with Gasteiger partial charge in [-0.1, -0.05) is 124 Å². The van der Waals surface area contributed by atoms with Gasteiger partial charge < -0.3 is 18.7 Å². The summed E-state index contributed by atoms with van der Waals surface area (Å²) in [6, 6.07) is 60.9. The molecule has 334 valence electrons. The van der Waals surface area contributed by atoms with E-state index in [9.17, 15) is 4.79 Å². The first kappa shape index (κ1) is 41.1. The first-order valence-corrected chi connectivity index (χ1v) is 23.4. The zero-order valence-electron chi connectivity index (χ0n) is 38.5. The van der Waals surface area contributed by atoms with E-state index in [2.05, 4.69) is 120 Å². The predicted octanol–water partition coefficient (Wildman–Crippen LogP) is 14.1. The quantitative estimate of drug-likeness (QED) is 0.0904. The van der Waals surface area contributed by atoms with Crippen LogP contribution in [0.5, 0.6) is 11.5 Å². The predicted molar refractivity (Wildman–Crippen MR) is 283 cm³/mol. The minimum Gasteiger partial charge on any atom is -0.458 e. The summed E-state index contributed by atoms with van der Waals surface area (Å²) in [4.78, 5) is 39.1. The maximum atomic E-state index is 15.1. The summed E-state index contributed by atoms with van der Waals surface area (Å²) in [6.07, 6.45) is 8.38. The Hall–Kier alpha value is -9.14. The number of fused-ring (bicyclic) bond motifs is 7. The Bertz CT molecular complexity index is 4340. The molecule has 13 rings (SSSR count). The molecule has 0 saturated carbocycles. The van der Waals surface area contributed by atoms with Gasteiger partial charge in [0.25, 0.3) is 0 Å². The fraction of sp³-hybridized carbons (Fsp3) is 0.0645. The number of ether oxygens (including phenoxy) is 1. The molecule has 0 radical (unpaired) electrons.